The number of likely N-dealkylation sites (tertiary alicyclic amines) is 5. The number of hydrogen-bond acceptors (Lipinski definition) is 10. The first-order chi connectivity index (χ1) is 36.5. The average molecular weight is 1110 g/mol. The minimum atomic E-state index is -0.897. The van der Waals surface area contributed by atoms with Gasteiger partial charge < -0.3 is 34.8 Å². The number of alkyl halides is 3. The van der Waals surface area contributed by atoms with Crippen LogP contribution < -0.4 is 10.6 Å². The molecule has 3 saturated carbocycles. The molecule has 13 heteroatoms. The van der Waals surface area contributed by atoms with Gasteiger partial charge in [-0.05, 0) is 187 Å². The highest BCUT2D eigenvalue weighted by molar-refractivity contribution is 5.10. The molecule has 7 saturated heterocycles. The first-order valence-electron chi connectivity index (χ1n) is 32.7. The maximum atomic E-state index is 13.3. The Morgan fingerprint density at radius 3 is 1.05 bits per heavy atom. The molecule has 0 unspecified atom stereocenters. The third kappa shape index (κ3) is 27.9. The molecule has 0 radical (unpaired) electrons. The SMILES string of the molecule is CC(C)N1CC2(C1)CC(C)(F)C2.CC(C)N1CC2(COC2)C1.CC(C)N1CCC(C)(F)CC1.CC(C)N1CCC(F)CC1.CC(C)N1CCCCC1.CC(C)N1CCOCC1.CC(C)NC1CCC1.CC(C)NC1CCCC1. The smallest absolute Gasteiger partial charge is 0.110 e. The zero-order valence-corrected chi connectivity index (χ0v) is 54.6. The zero-order valence-electron chi connectivity index (χ0n) is 54.6. The summed E-state index contributed by atoms with van der Waals surface area (Å²) < 4.78 is 49.5. The molecule has 0 aromatic carbocycles. The van der Waals surface area contributed by atoms with E-state index in [-0.39, 0.29) is 0 Å². The van der Waals surface area contributed by atoms with Crippen LogP contribution >= 0.6 is 0 Å². The van der Waals surface area contributed by atoms with Crippen molar-refractivity contribution in [3.05, 3.63) is 0 Å². The van der Waals surface area contributed by atoms with E-state index in [2.05, 4.69) is 151 Å². The summed E-state index contributed by atoms with van der Waals surface area (Å²) in [6, 6.07) is 7.04. The summed E-state index contributed by atoms with van der Waals surface area (Å²) in [6.07, 6.45) is 18.1. The van der Waals surface area contributed by atoms with E-state index in [1.807, 2.05) is 0 Å². The van der Waals surface area contributed by atoms with Gasteiger partial charge in [0.15, 0.2) is 0 Å². The third-order valence-corrected chi connectivity index (χ3v) is 18.2. The molecule has 10 rings (SSSR count). The van der Waals surface area contributed by atoms with Crippen molar-refractivity contribution >= 4 is 0 Å². The van der Waals surface area contributed by atoms with Gasteiger partial charge in [-0.3, -0.25) is 14.7 Å². The molecule has 0 aromatic heterocycles. The van der Waals surface area contributed by atoms with Crippen molar-refractivity contribution in [2.24, 2.45) is 10.8 Å². The summed E-state index contributed by atoms with van der Waals surface area (Å²) in [4.78, 5) is 14.6. The van der Waals surface area contributed by atoms with E-state index in [0.29, 0.717) is 59.9 Å². The van der Waals surface area contributed by atoms with Gasteiger partial charge >= 0.3 is 0 Å². The van der Waals surface area contributed by atoms with Crippen LogP contribution in [-0.2, 0) is 9.47 Å². The van der Waals surface area contributed by atoms with Crippen molar-refractivity contribution in [1.29, 1.82) is 0 Å². The number of nitrogens with zero attached hydrogens (tertiary/aromatic N) is 6. The maximum absolute atomic E-state index is 13.3. The van der Waals surface area contributed by atoms with Gasteiger partial charge in [0.1, 0.15) is 17.5 Å². The minimum Gasteiger partial charge on any atom is -0.380 e. The predicted octanol–water partition coefficient (Wildman–Crippen LogP) is 13.1. The Morgan fingerprint density at radius 2 is 0.744 bits per heavy atom. The van der Waals surface area contributed by atoms with Gasteiger partial charge in [-0.25, -0.2) is 13.2 Å². The normalized spacial score (nSPS) is 25.5. The van der Waals surface area contributed by atoms with Crippen molar-refractivity contribution in [2.45, 2.75) is 305 Å². The molecule has 2 spiro atoms. The van der Waals surface area contributed by atoms with Crippen LogP contribution in [-0.4, -0.2) is 212 Å². The van der Waals surface area contributed by atoms with Crippen molar-refractivity contribution in [3.63, 3.8) is 0 Å². The second-order valence-electron chi connectivity index (χ2n) is 28.8. The molecule has 10 nitrogen and oxygen atoms in total. The first kappa shape index (κ1) is 71.7. The third-order valence-electron chi connectivity index (χ3n) is 18.2. The van der Waals surface area contributed by atoms with E-state index in [1.165, 1.54) is 90.4 Å². The number of piperidine rings is 3. The van der Waals surface area contributed by atoms with Crippen LogP contribution in [0, 0.1) is 10.8 Å². The highest BCUT2D eigenvalue weighted by atomic mass is 19.1. The van der Waals surface area contributed by atoms with Crippen LogP contribution in [0.4, 0.5) is 13.2 Å². The molecular weight excluding hydrogens is 982 g/mol. The average Bonchev–Trinajstić information content (AvgIpc) is 3.82. The molecule has 0 atom stereocenters. The lowest BCUT2D eigenvalue weighted by Crippen LogP contribution is -2.67. The van der Waals surface area contributed by atoms with Gasteiger partial charge in [0.25, 0.3) is 0 Å². The van der Waals surface area contributed by atoms with E-state index in [1.54, 1.807) is 13.8 Å². The molecule has 7 aliphatic heterocycles. The molecule has 0 aromatic rings. The molecular formula is C65H131F3N8O2. The molecule has 3 aliphatic carbocycles. The number of hydrogen-bond donors (Lipinski definition) is 2. The lowest BCUT2D eigenvalue weighted by Gasteiger charge is -2.61. The van der Waals surface area contributed by atoms with Crippen molar-refractivity contribution in [3.8, 4) is 0 Å². The maximum Gasteiger partial charge on any atom is 0.110 e. The molecule has 10 aliphatic rings. The van der Waals surface area contributed by atoms with Crippen LogP contribution in [0.15, 0.2) is 0 Å². The van der Waals surface area contributed by atoms with Gasteiger partial charge in [-0.1, -0.05) is 53.4 Å². The van der Waals surface area contributed by atoms with Gasteiger partial charge in [0.2, 0.25) is 0 Å². The largest absolute Gasteiger partial charge is 0.380 e. The van der Waals surface area contributed by atoms with Gasteiger partial charge in [-0.15, -0.1) is 0 Å². The van der Waals surface area contributed by atoms with Crippen molar-refractivity contribution in [2.75, 3.05) is 105 Å². The van der Waals surface area contributed by atoms with E-state index < -0.39 is 17.5 Å². The Kier molecular flexibility index (Phi) is 32.7. The van der Waals surface area contributed by atoms with Gasteiger partial charge in [0, 0.05) is 137 Å². The van der Waals surface area contributed by atoms with E-state index >= 15 is 0 Å². The topological polar surface area (TPSA) is 62.0 Å². The number of nitrogens with one attached hydrogen (secondary N) is 2. The van der Waals surface area contributed by atoms with Crippen LogP contribution in [0.3, 0.4) is 0 Å². The second kappa shape index (κ2) is 35.6. The molecule has 10 fully saturated rings. The molecule has 7 heterocycles. The first-order valence-corrected chi connectivity index (χ1v) is 32.7. The van der Waals surface area contributed by atoms with Crippen LogP contribution in [0.5, 0.6) is 0 Å². The number of ether oxygens (including phenoxy) is 2. The molecule has 0 amide bonds. The quantitative estimate of drug-likeness (QED) is 0.221. The minimum absolute atomic E-state index is 0.383. The summed E-state index contributed by atoms with van der Waals surface area (Å²) in [5, 5.41) is 7.02. The highest BCUT2D eigenvalue weighted by Gasteiger charge is 2.58. The van der Waals surface area contributed by atoms with E-state index in [9.17, 15) is 13.2 Å². The fraction of sp³-hybridized carbons (Fsp3) is 1.00. The molecule has 0 bridgehead atoms. The van der Waals surface area contributed by atoms with Crippen LogP contribution in [0.2, 0.25) is 0 Å². The van der Waals surface area contributed by atoms with E-state index in [0.717, 1.165) is 129 Å². The predicted molar refractivity (Wildman–Crippen MR) is 329 cm³/mol. The summed E-state index contributed by atoms with van der Waals surface area (Å²) >= 11 is 0. The standard InChI is InChI=1S/C10H18FN.C9H18FN.C8H16FN.C8H15NO.2C8H17N.C7H15NO.C7H15N/c1-8(2)12-6-10(7-12)4-9(3,11)5-10;1-8(2)11-6-4-9(3,10)5-7-11;1-7(2)10-5-3-8(9)4-6-10;1-7(2)9-3-8(4-9)5-10-6-8;1-8(2)9-6-4-3-5-7-9;1-7(2)9-8-5-3-4-6-8;1-7(2)8-3-5-9-6-4-8;1-6(2)8-7-4-3-5-7/h8H,4-7H2,1-3H3;8H,4-7H2,1-3H3;7-8H,3-6H2,1-2H3;7H,3-6H2,1-2H3;8H,3-7H2,1-2H3;7-9H,3-6H2,1-2H3;7H,3-6H2,1-2H3;6-8H,3-5H2,1-2H3. The monoisotopic (exact) mass is 1110 g/mol. The summed E-state index contributed by atoms with van der Waals surface area (Å²) in [6.45, 7) is 56.2. The van der Waals surface area contributed by atoms with Gasteiger partial charge in [0.05, 0.1) is 26.4 Å². The Labute approximate surface area is 481 Å². The summed E-state index contributed by atoms with van der Waals surface area (Å²) in [5.41, 5.74) is -0.757. The lowest BCUT2D eigenvalue weighted by atomic mass is 9.56. The van der Waals surface area contributed by atoms with Crippen molar-refractivity contribution in [1.82, 2.24) is 40.0 Å². The van der Waals surface area contributed by atoms with Crippen molar-refractivity contribution < 1.29 is 22.6 Å². The second-order valence-corrected chi connectivity index (χ2v) is 28.8. The molecule has 464 valence electrons. The Bertz CT molecular complexity index is 1460. The lowest BCUT2D eigenvalue weighted by molar-refractivity contribution is -0.195. The number of rotatable bonds is 10. The Morgan fingerprint density at radius 1 is 0.385 bits per heavy atom. The summed E-state index contributed by atoms with van der Waals surface area (Å²) in [5.74, 6) is 0. The van der Waals surface area contributed by atoms with Crippen LogP contribution in [0.1, 0.15) is 227 Å². The Balaban J connectivity index is 0.000000235. The Hall–Kier alpha value is -0.610. The van der Waals surface area contributed by atoms with Crippen LogP contribution in [0.25, 0.3) is 0 Å². The number of halogens is 3. The van der Waals surface area contributed by atoms with Gasteiger partial charge in [-0.2, -0.15) is 0 Å². The zero-order chi connectivity index (χ0) is 58.3. The highest BCUT2D eigenvalue weighted by Crippen LogP contribution is 2.56. The number of morpholine rings is 1. The molecule has 78 heavy (non-hydrogen) atoms. The molecule has 2 N–H and O–H groups in total. The fourth-order valence-corrected chi connectivity index (χ4v) is 12.7. The summed E-state index contributed by atoms with van der Waals surface area (Å²) in [7, 11) is 0. The fourth-order valence-electron chi connectivity index (χ4n) is 12.7. The van der Waals surface area contributed by atoms with E-state index in [4.69, 9.17) is 9.47 Å².